The second-order valence-corrected chi connectivity index (χ2v) is 11.4. The third kappa shape index (κ3) is 5.61. The van der Waals surface area contributed by atoms with E-state index >= 15 is 0 Å². The molecule has 2 aromatic carbocycles. The second-order valence-electron chi connectivity index (χ2n) is 7.50. The van der Waals surface area contributed by atoms with Crippen LogP contribution in [0.5, 0.6) is 5.75 Å². The minimum Gasteiger partial charge on any atom is -0.492 e. The van der Waals surface area contributed by atoms with E-state index < -0.39 is 24.1 Å². The Morgan fingerprint density at radius 2 is 1.48 bits per heavy atom. The first-order valence-electron chi connectivity index (χ1n) is 10.1. The van der Waals surface area contributed by atoms with E-state index in [1.807, 2.05) is 0 Å². The Labute approximate surface area is 184 Å². The van der Waals surface area contributed by atoms with Crippen molar-refractivity contribution in [3.05, 3.63) is 58.6 Å². The molecule has 0 aromatic heterocycles. The third-order valence-corrected chi connectivity index (χ3v) is 9.14. The van der Waals surface area contributed by atoms with Crippen molar-refractivity contribution in [2.24, 2.45) is 0 Å². The molecule has 31 heavy (non-hydrogen) atoms. The zero-order chi connectivity index (χ0) is 23.2. The SMILES string of the molecule is CCCCCCOc1ccc(C)cc1S(=O)(=O)C(=[N+]=[N-])S(=O)(=O)c1ccc(C)cc1C. The van der Waals surface area contributed by atoms with E-state index in [1.54, 1.807) is 39.0 Å². The van der Waals surface area contributed by atoms with Gasteiger partial charge in [0.25, 0.3) is 19.7 Å². The summed E-state index contributed by atoms with van der Waals surface area (Å²) in [5.74, 6) is 0.0269. The number of benzene rings is 2. The van der Waals surface area contributed by atoms with Gasteiger partial charge in [0.2, 0.25) is 0 Å². The average Bonchev–Trinajstić information content (AvgIpc) is 2.68. The Morgan fingerprint density at radius 3 is 2.10 bits per heavy atom. The predicted molar refractivity (Wildman–Crippen MR) is 120 cm³/mol. The molecule has 0 N–H and O–H groups in total. The molecule has 0 heterocycles. The smallest absolute Gasteiger partial charge is 0.492 e. The molecule has 168 valence electrons. The number of unbranched alkanes of at least 4 members (excludes halogenated alkanes) is 3. The van der Waals surface area contributed by atoms with Gasteiger partial charge in [0.1, 0.15) is 10.6 Å². The van der Waals surface area contributed by atoms with Gasteiger partial charge in [-0.2, -0.15) is 0 Å². The van der Waals surface area contributed by atoms with E-state index in [0.29, 0.717) is 17.7 Å². The topological polar surface area (TPSA) is 114 Å². The Hall–Kier alpha value is -2.48. The molecule has 0 aliphatic heterocycles. The summed E-state index contributed by atoms with van der Waals surface area (Å²) in [6, 6.07) is 8.96. The number of aryl methyl sites for hydroxylation is 3. The van der Waals surface area contributed by atoms with E-state index in [2.05, 4.69) is 11.7 Å². The molecular formula is C22H28N2O5S2. The van der Waals surface area contributed by atoms with Gasteiger partial charge in [-0.25, -0.2) is 16.8 Å². The quantitative estimate of drug-likeness (QED) is 0.189. The largest absolute Gasteiger partial charge is 0.504 e. The van der Waals surface area contributed by atoms with Gasteiger partial charge >= 0.3 is 4.38 Å². The van der Waals surface area contributed by atoms with Gasteiger partial charge in [-0.3, -0.25) is 0 Å². The third-order valence-electron chi connectivity index (χ3n) is 4.81. The molecule has 0 bridgehead atoms. The number of sulfone groups is 2. The lowest BCUT2D eigenvalue weighted by atomic mass is 10.2. The summed E-state index contributed by atoms with van der Waals surface area (Å²) in [5.41, 5.74) is 11.3. The van der Waals surface area contributed by atoms with Crippen LogP contribution in [0.4, 0.5) is 0 Å². The first-order chi connectivity index (χ1) is 14.6. The number of rotatable bonds is 8. The number of ether oxygens (including phenoxy) is 1. The van der Waals surface area contributed by atoms with Crippen LogP contribution in [0.3, 0.4) is 0 Å². The lowest BCUT2D eigenvalue weighted by Crippen LogP contribution is -2.27. The lowest BCUT2D eigenvalue weighted by Gasteiger charge is -2.12. The van der Waals surface area contributed by atoms with Crippen LogP contribution < -0.4 is 4.74 Å². The molecule has 0 aliphatic rings. The van der Waals surface area contributed by atoms with E-state index in [9.17, 15) is 22.4 Å². The highest BCUT2D eigenvalue weighted by Gasteiger charge is 2.46. The lowest BCUT2D eigenvalue weighted by molar-refractivity contribution is 0.00378. The normalized spacial score (nSPS) is 11.7. The van der Waals surface area contributed by atoms with Crippen molar-refractivity contribution in [3.63, 3.8) is 0 Å². The Balaban J connectivity index is 2.52. The fraction of sp³-hybridized carbons (Fsp3) is 0.409. The molecule has 0 amide bonds. The Morgan fingerprint density at radius 1 is 0.871 bits per heavy atom. The van der Waals surface area contributed by atoms with E-state index in [-0.39, 0.29) is 15.5 Å². The minimum atomic E-state index is -4.70. The molecule has 0 fully saturated rings. The summed E-state index contributed by atoms with van der Waals surface area (Å²) in [5, 5.41) is 0. The van der Waals surface area contributed by atoms with Crippen LogP contribution in [-0.2, 0) is 19.7 Å². The summed E-state index contributed by atoms with van der Waals surface area (Å²) < 4.78 is 57.2. The van der Waals surface area contributed by atoms with Crippen LogP contribution in [0.15, 0.2) is 46.2 Å². The molecular weight excluding hydrogens is 436 g/mol. The van der Waals surface area contributed by atoms with Crippen molar-refractivity contribution >= 4 is 24.1 Å². The highest BCUT2D eigenvalue weighted by atomic mass is 32.3. The molecule has 2 rings (SSSR count). The maximum absolute atomic E-state index is 13.3. The van der Waals surface area contributed by atoms with Gasteiger partial charge in [0, 0.05) is 0 Å². The van der Waals surface area contributed by atoms with Crippen molar-refractivity contribution in [3.8, 4) is 5.75 Å². The van der Waals surface area contributed by atoms with Crippen molar-refractivity contribution in [2.45, 2.75) is 63.2 Å². The monoisotopic (exact) mass is 464 g/mol. The molecule has 0 unspecified atom stereocenters. The Kier molecular flexibility index (Phi) is 8.17. The molecule has 9 heteroatoms. The van der Waals surface area contributed by atoms with E-state index in [0.717, 1.165) is 31.2 Å². The average molecular weight is 465 g/mol. The second kappa shape index (κ2) is 10.2. The van der Waals surface area contributed by atoms with Crippen LogP contribution in [0.25, 0.3) is 5.53 Å². The van der Waals surface area contributed by atoms with Gasteiger partial charge in [-0.15, -0.1) is 4.79 Å². The molecule has 0 radical (unpaired) electrons. The fourth-order valence-electron chi connectivity index (χ4n) is 3.20. The standard InChI is InChI=1S/C22H28N2O5S2/c1-5-6-7-8-13-29-19-11-9-17(3)15-21(19)31(27,28)22(24-23)30(25,26)20-12-10-16(2)14-18(20)4/h9-12,14-15H,5-8,13H2,1-4H3. The molecule has 0 spiro atoms. The van der Waals surface area contributed by atoms with Crippen molar-refractivity contribution in [1.82, 2.24) is 0 Å². The number of hydrogen-bond donors (Lipinski definition) is 0. The molecule has 7 nitrogen and oxygen atoms in total. The molecule has 2 aromatic rings. The maximum Gasteiger partial charge on any atom is 0.504 e. The Bertz CT molecular complexity index is 1210. The van der Waals surface area contributed by atoms with Gasteiger partial charge < -0.3 is 10.3 Å². The molecule has 0 saturated carbocycles. The minimum absolute atomic E-state index is 0.0269. The number of nitrogens with zero attached hydrogens (tertiary/aromatic N) is 2. The van der Waals surface area contributed by atoms with Crippen molar-refractivity contribution in [2.75, 3.05) is 6.61 Å². The zero-order valence-corrected chi connectivity index (χ0v) is 19.9. The summed E-state index contributed by atoms with van der Waals surface area (Å²) in [6.07, 6.45) is 3.77. The molecule has 0 saturated heterocycles. The first-order valence-corrected chi connectivity index (χ1v) is 13.0. The van der Waals surface area contributed by atoms with Gasteiger partial charge in [-0.1, -0.05) is 49.9 Å². The predicted octanol–water partition coefficient (Wildman–Crippen LogP) is 4.40. The van der Waals surface area contributed by atoms with Crippen LogP contribution in [0.1, 0.15) is 49.3 Å². The molecule has 0 aliphatic carbocycles. The highest BCUT2D eigenvalue weighted by molar-refractivity contribution is 8.31. The van der Waals surface area contributed by atoms with Crippen LogP contribution >= 0.6 is 0 Å². The van der Waals surface area contributed by atoms with Gasteiger partial charge in [0.05, 0.1) is 11.5 Å². The van der Waals surface area contributed by atoms with Crippen LogP contribution in [-0.4, -0.2) is 32.6 Å². The van der Waals surface area contributed by atoms with E-state index in [1.165, 1.54) is 18.2 Å². The van der Waals surface area contributed by atoms with Gasteiger partial charge in [0.15, 0.2) is 0 Å². The summed E-state index contributed by atoms with van der Waals surface area (Å²) in [7, 11) is -9.31. The van der Waals surface area contributed by atoms with Gasteiger partial charge in [-0.05, 0) is 56.5 Å². The summed E-state index contributed by atoms with van der Waals surface area (Å²) in [4.78, 5) is 2.15. The van der Waals surface area contributed by atoms with Crippen molar-refractivity contribution < 1.29 is 26.4 Å². The van der Waals surface area contributed by atoms with Crippen molar-refractivity contribution in [1.29, 1.82) is 0 Å². The zero-order valence-electron chi connectivity index (χ0n) is 18.3. The maximum atomic E-state index is 13.3. The highest BCUT2D eigenvalue weighted by Crippen LogP contribution is 2.30. The van der Waals surface area contributed by atoms with E-state index in [4.69, 9.17) is 4.74 Å². The fourth-order valence-corrected chi connectivity index (χ4v) is 6.94. The van der Waals surface area contributed by atoms with Crippen LogP contribution in [0.2, 0.25) is 0 Å². The summed E-state index contributed by atoms with van der Waals surface area (Å²) in [6.45, 7) is 7.40. The number of hydrogen-bond acceptors (Lipinski definition) is 5. The molecule has 0 atom stereocenters. The summed E-state index contributed by atoms with van der Waals surface area (Å²) >= 11 is 0. The van der Waals surface area contributed by atoms with Crippen LogP contribution in [0, 0.1) is 20.8 Å². The first kappa shape index (κ1) is 24.8.